The quantitative estimate of drug-likeness (QED) is 0.705. The predicted octanol–water partition coefficient (Wildman–Crippen LogP) is 1.16. The highest BCUT2D eigenvalue weighted by Gasteiger charge is 2.48. The Morgan fingerprint density at radius 1 is 1.59 bits per heavy atom. The number of anilines is 2. The standard InChI is InChI=1S/C12H15N3O2/c1-7-3-4-13-10-9(7)15-11(16)12(2)6-17-5-8(12)14-10/h3-4,8H,5-6H2,1-2H3,(H,13,14)(H,15,16). The highest BCUT2D eigenvalue weighted by Crippen LogP contribution is 2.37. The molecule has 5 nitrogen and oxygen atoms in total. The van der Waals surface area contributed by atoms with E-state index in [2.05, 4.69) is 15.6 Å². The number of hydrogen-bond donors (Lipinski definition) is 2. The molecular weight excluding hydrogens is 218 g/mol. The van der Waals surface area contributed by atoms with E-state index in [1.54, 1.807) is 6.20 Å². The SMILES string of the molecule is Cc1ccnc2c1NC(=O)C1(C)COCC1N2. The molecule has 1 fully saturated rings. The Morgan fingerprint density at radius 3 is 3.24 bits per heavy atom. The average Bonchev–Trinajstić information content (AvgIpc) is 2.62. The number of nitrogens with one attached hydrogen (secondary N) is 2. The number of aromatic nitrogens is 1. The largest absolute Gasteiger partial charge is 0.378 e. The summed E-state index contributed by atoms with van der Waals surface area (Å²) < 4.78 is 5.41. The summed E-state index contributed by atoms with van der Waals surface area (Å²) in [6.07, 6.45) is 1.74. The third-order valence-corrected chi connectivity index (χ3v) is 3.68. The number of hydrogen-bond acceptors (Lipinski definition) is 4. The zero-order valence-electron chi connectivity index (χ0n) is 9.91. The molecule has 1 saturated heterocycles. The average molecular weight is 233 g/mol. The van der Waals surface area contributed by atoms with Crippen LogP contribution in [0.4, 0.5) is 11.5 Å². The van der Waals surface area contributed by atoms with Crippen molar-refractivity contribution in [3.63, 3.8) is 0 Å². The highest BCUT2D eigenvalue weighted by atomic mass is 16.5. The molecule has 2 atom stereocenters. The molecule has 90 valence electrons. The van der Waals surface area contributed by atoms with E-state index in [9.17, 15) is 4.79 Å². The van der Waals surface area contributed by atoms with Gasteiger partial charge in [-0.15, -0.1) is 0 Å². The van der Waals surface area contributed by atoms with Crippen LogP contribution in [-0.2, 0) is 9.53 Å². The first-order valence-corrected chi connectivity index (χ1v) is 5.72. The molecule has 0 spiro atoms. The first kappa shape index (κ1) is 10.5. The first-order chi connectivity index (χ1) is 8.11. The normalized spacial score (nSPS) is 30.9. The Kier molecular flexibility index (Phi) is 2.13. The van der Waals surface area contributed by atoms with Crippen LogP contribution >= 0.6 is 0 Å². The van der Waals surface area contributed by atoms with Gasteiger partial charge in [-0.2, -0.15) is 0 Å². The van der Waals surface area contributed by atoms with Crippen molar-refractivity contribution in [2.24, 2.45) is 5.41 Å². The Hall–Kier alpha value is -1.62. The van der Waals surface area contributed by atoms with Gasteiger partial charge in [0.25, 0.3) is 0 Å². The van der Waals surface area contributed by atoms with Crippen molar-refractivity contribution in [2.75, 3.05) is 23.8 Å². The Morgan fingerprint density at radius 2 is 2.41 bits per heavy atom. The van der Waals surface area contributed by atoms with E-state index in [-0.39, 0.29) is 11.9 Å². The Bertz CT molecular complexity index is 489. The fraction of sp³-hybridized carbons (Fsp3) is 0.500. The monoisotopic (exact) mass is 233 g/mol. The van der Waals surface area contributed by atoms with E-state index in [1.165, 1.54) is 0 Å². The van der Waals surface area contributed by atoms with Gasteiger partial charge >= 0.3 is 0 Å². The van der Waals surface area contributed by atoms with Crippen LogP contribution in [0, 0.1) is 12.3 Å². The van der Waals surface area contributed by atoms with E-state index in [0.29, 0.717) is 13.2 Å². The minimum absolute atomic E-state index is 0.00218. The summed E-state index contributed by atoms with van der Waals surface area (Å²) in [5, 5.41) is 6.27. The van der Waals surface area contributed by atoms with Crippen LogP contribution in [0.1, 0.15) is 12.5 Å². The van der Waals surface area contributed by atoms with Gasteiger partial charge in [0.1, 0.15) is 5.82 Å². The van der Waals surface area contributed by atoms with Crippen LogP contribution in [0.5, 0.6) is 0 Å². The fourth-order valence-corrected chi connectivity index (χ4v) is 2.34. The lowest BCUT2D eigenvalue weighted by Gasteiger charge is -2.25. The van der Waals surface area contributed by atoms with Gasteiger partial charge in [0, 0.05) is 6.20 Å². The third-order valence-electron chi connectivity index (χ3n) is 3.68. The molecule has 0 aromatic carbocycles. The molecule has 0 saturated carbocycles. The zero-order chi connectivity index (χ0) is 12.0. The van der Waals surface area contributed by atoms with Crippen molar-refractivity contribution >= 4 is 17.4 Å². The smallest absolute Gasteiger partial charge is 0.234 e. The van der Waals surface area contributed by atoms with Gasteiger partial charge in [-0.1, -0.05) is 0 Å². The lowest BCUT2D eigenvalue weighted by molar-refractivity contribution is -0.124. The minimum atomic E-state index is -0.521. The van der Waals surface area contributed by atoms with Gasteiger partial charge in [-0.05, 0) is 25.5 Å². The number of rotatable bonds is 0. The fourth-order valence-electron chi connectivity index (χ4n) is 2.34. The van der Waals surface area contributed by atoms with Crippen molar-refractivity contribution in [1.82, 2.24) is 4.98 Å². The van der Waals surface area contributed by atoms with Crippen LogP contribution < -0.4 is 10.6 Å². The lowest BCUT2D eigenvalue weighted by atomic mass is 9.84. The molecule has 1 amide bonds. The number of amides is 1. The topological polar surface area (TPSA) is 63.2 Å². The van der Waals surface area contributed by atoms with Gasteiger partial charge in [0.15, 0.2) is 0 Å². The summed E-state index contributed by atoms with van der Waals surface area (Å²) >= 11 is 0. The molecule has 2 aliphatic heterocycles. The first-order valence-electron chi connectivity index (χ1n) is 5.72. The molecule has 5 heteroatoms. The van der Waals surface area contributed by atoms with Crippen LogP contribution in [0.25, 0.3) is 0 Å². The number of pyridine rings is 1. The Balaban J connectivity index is 2.09. The van der Waals surface area contributed by atoms with Gasteiger partial charge < -0.3 is 15.4 Å². The van der Waals surface area contributed by atoms with E-state index < -0.39 is 5.41 Å². The molecule has 3 rings (SSSR count). The van der Waals surface area contributed by atoms with E-state index in [1.807, 2.05) is 19.9 Å². The molecule has 2 unspecified atom stereocenters. The lowest BCUT2D eigenvalue weighted by Crippen LogP contribution is -2.44. The summed E-state index contributed by atoms with van der Waals surface area (Å²) in [6.45, 7) is 4.87. The van der Waals surface area contributed by atoms with E-state index >= 15 is 0 Å². The molecule has 3 heterocycles. The molecule has 0 aliphatic carbocycles. The van der Waals surface area contributed by atoms with Crippen LogP contribution in [0.3, 0.4) is 0 Å². The second-order valence-electron chi connectivity index (χ2n) is 4.94. The zero-order valence-corrected chi connectivity index (χ0v) is 9.91. The van der Waals surface area contributed by atoms with Crippen LogP contribution in [-0.4, -0.2) is 30.1 Å². The summed E-state index contributed by atoms with van der Waals surface area (Å²) in [6, 6.07) is 1.87. The summed E-state index contributed by atoms with van der Waals surface area (Å²) in [7, 11) is 0. The molecule has 1 aromatic heterocycles. The maximum atomic E-state index is 12.3. The van der Waals surface area contributed by atoms with Gasteiger partial charge in [-0.3, -0.25) is 4.79 Å². The number of nitrogens with zero attached hydrogens (tertiary/aromatic N) is 1. The minimum Gasteiger partial charge on any atom is -0.378 e. The maximum Gasteiger partial charge on any atom is 0.234 e. The molecular formula is C12H15N3O2. The molecule has 1 aromatic rings. The van der Waals surface area contributed by atoms with Crippen molar-refractivity contribution in [3.05, 3.63) is 17.8 Å². The van der Waals surface area contributed by atoms with Crippen molar-refractivity contribution in [2.45, 2.75) is 19.9 Å². The summed E-state index contributed by atoms with van der Waals surface area (Å²) in [5.41, 5.74) is 1.28. The maximum absolute atomic E-state index is 12.3. The van der Waals surface area contributed by atoms with Gasteiger partial charge in [0.05, 0.1) is 30.4 Å². The number of aryl methyl sites for hydroxylation is 1. The number of fused-ring (bicyclic) bond motifs is 2. The van der Waals surface area contributed by atoms with Crippen molar-refractivity contribution in [1.29, 1.82) is 0 Å². The molecule has 0 radical (unpaired) electrons. The third kappa shape index (κ3) is 1.42. The predicted molar refractivity (Wildman–Crippen MR) is 63.9 cm³/mol. The number of carbonyl (C=O) groups is 1. The second-order valence-corrected chi connectivity index (χ2v) is 4.94. The van der Waals surface area contributed by atoms with Gasteiger partial charge in [-0.25, -0.2) is 4.98 Å². The molecule has 0 bridgehead atoms. The molecule has 17 heavy (non-hydrogen) atoms. The Labute approximate surface area is 99.6 Å². The van der Waals surface area contributed by atoms with E-state index in [0.717, 1.165) is 17.1 Å². The van der Waals surface area contributed by atoms with Crippen LogP contribution in [0.15, 0.2) is 12.3 Å². The van der Waals surface area contributed by atoms with Crippen LogP contribution in [0.2, 0.25) is 0 Å². The highest BCUT2D eigenvalue weighted by molar-refractivity contribution is 6.00. The number of carbonyl (C=O) groups excluding carboxylic acids is 1. The molecule has 2 N–H and O–H groups in total. The molecule has 2 aliphatic rings. The second kappa shape index (κ2) is 3.43. The van der Waals surface area contributed by atoms with Crippen molar-refractivity contribution in [3.8, 4) is 0 Å². The van der Waals surface area contributed by atoms with Gasteiger partial charge in [0.2, 0.25) is 5.91 Å². The van der Waals surface area contributed by atoms with E-state index in [4.69, 9.17) is 4.74 Å². The van der Waals surface area contributed by atoms with Crippen molar-refractivity contribution < 1.29 is 9.53 Å². The summed E-state index contributed by atoms with van der Waals surface area (Å²) in [4.78, 5) is 16.6. The summed E-state index contributed by atoms with van der Waals surface area (Å²) in [5.74, 6) is 0.736. The number of ether oxygens (including phenoxy) is 1.